The highest BCUT2D eigenvalue weighted by Crippen LogP contribution is 2.14. The monoisotopic (exact) mass is 316 g/mol. The number of carbonyl (C=O) groups is 2. The Balaban J connectivity index is 1.65. The third-order valence-corrected chi connectivity index (χ3v) is 4.12. The standard InChI is InChI=1S/C15H20N6O2/c1-19-14(22)6-5-12(18-19)15(23)21-9-3-8-20(10-11-21)13-4-2-7-16-17-13/h2,4,7H,3,5-6,8-11H2,1H3. The molecular weight excluding hydrogens is 296 g/mol. The minimum absolute atomic E-state index is 0.0498. The lowest BCUT2D eigenvalue weighted by Gasteiger charge is -2.25. The van der Waals surface area contributed by atoms with Crippen molar-refractivity contribution in [3.63, 3.8) is 0 Å². The topological polar surface area (TPSA) is 82.0 Å². The lowest BCUT2D eigenvalue weighted by molar-refractivity contribution is -0.130. The molecule has 1 aromatic heterocycles. The molecule has 1 fully saturated rings. The Labute approximate surface area is 134 Å². The summed E-state index contributed by atoms with van der Waals surface area (Å²) in [5.41, 5.74) is 0.472. The van der Waals surface area contributed by atoms with E-state index in [4.69, 9.17) is 0 Å². The van der Waals surface area contributed by atoms with Gasteiger partial charge in [-0.1, -0.05) is 0 Å². The molecule has 2 aliphatic rings. The number of anilines is 1. The first-order valence-corrected chi connectivity index (χ1v) is 7.81. The van der Waals surface area contributed by atoms with Crippen LogP contribution in [0.4, 0.5) is 5.82 Å². The number of hydrogen-bond acceptors (Lipinski definition) is 6. The Bertz CT molecular complexity index is 618. The van der Waals surface area contributed by atoms with E-state index in [1.807, 2.05) is 17.0 Å². The highest BCUT2D eigenvalue weighted by atomic mass is 16.2. The van der Waals surface area contributed by atoms with Crippen LogP contribution in [0.5, 0.6) is 0 Å². The van der Waals surface area contributed by atoms with Gasteiger partial charge in [0.15, 0.2) is 5.82 Å². The van der Waals surface area contributed by atoms with E-state index >= 15 is 0 Å². The van der Waals surface area contributed by atoms with Gasteiger partial charge in [-0.25, -0.2) is 5.01 Å². The second kappa shape index (κ2) is 6.72. The summed E-state index contributed by atoms with van der Waals surface area (Å²) in [5, 5.41) is 13.4. The van der Waals surface area contributed by atoms with Crippen LogP contribution in [0.3, 0.4) is 0 Å². The smallest absolute Gasteiger partial charge is 0.270 e. The first-order valence-electron chi connectivity index (χ1n) is 7.81. The molecule has 0 aromatic carbocycles. The lowest BCUT2D eigenvalue weighted by Crippen LogP contribution is -2.42. The predicted molar refractivity (Wildman–Crippen MR) is 84.9 cm³/mol. The highest BCUT2D eigenvalue weighted by Gasteiger charge is 2.27. The molecule has 0 unspecified atom stereocenters. The summed E-state index contributed by atoms with van der Waals surface area (Å²) in [7, 11) is 1.59. The maximum atomic E-state index is 12.6. The number of hydrogen-bond donors (Lipinski definition) is 0. The predicted octanol–water partition coefficient (Wildman–Crippen LogP) is 0.123. The number of rotatable bonds is 2. The third kappa shape index (κ3) is 3.46. The first-order chi connectivity index (χ1) is 11.1. The van der Waals surface area contributed by atoms with Gasteiger partial charge in [0, 0.05) is 52.3 Å². The maximum Gasteiger partial charge on any atom is 0.270 e. The highest BCUT2D eigenvalue weighted by molar-refractivity contribution is 6.39. The van der Waals surface area contributed by atoms with E-state index in [-0.39, 0.29) is 11.8 Å². The summed E-state index contributed by atoms with van der Waals surface area (Å²) in [6.07, 6.45) is 3.29. The molecule has 8 heteroatoms. The summed E-state index contributed by atoms with van der Waals surface area (Å²) in [4.78, 5) is 28.0. The van der Waals surface area contributed by atoms with Gasteiger partial charge in [-0.3, -0.25) is 9.59 Å². The molecule has 3 heterocycles. The van der Waals surface area contributed by atoms with Gasteiger partial charge in [-0.2, -0.15) is 10.2 Å². The zero-order chi connectivity index (χ0) is 16.2. The van der Waals surface area contributed by atoms with Gasteiger partial charge in [0.25, 0.3) is 5.91 Å². The number of hydrazone groups is 1. The van der Waals surface area contributed by atoms with E-state index in [1.165, 1.54) is 5.01 Å². The van der Waals surface area contributed by atoms with Crippen molar-refractivity contribution in [2.24, 2.45) is 5.10 Å². The van der Waals surface area contributed by atoms with Gasteiger partial charge in [-0.15, -0.1) is 5.10 Å². The molecule has 0 saturated carbocycles. The van der Waals surface area contributed by atoms with Crippen LogP contribution in [-0.2, 0) is 9.59 Å². The molecule has 0 aliphatic carbocycles. The Kier molecular flexibility index (Phi) is 4.50. The van der Waals surface area contributed by atoms with Crippen LogP contribution >= 0.6 is 0 Å². The van der Waals surface area contributed by atoms with Gasteiger partial charge in [0.2, 0.25) is 5.91 Å². The van der Waals surface area contributed by atoms with Crippen molar-refractivity contribution in [1.29, 1.82) is 0 Å². The van der Waals surface area contributed by atoms with Gasteiger partial charge < -0.3 is 9.80 Å². The van der Waals surface area contributed by atoms with Gasteiger partial charge in [0.1, 0.15) is 5.71 Å². The molecule has 0 bridgehead atoms. The SMILES string of the molecule is CN1N=C(C(=O)N2CCCN(c3cccnn3)CC2)CCC1=O. The second-order valence-electron chi connectivity index (χ2n) is 5.68. The molecular formula is C15H20N6O2. The Morgan fingerprint density at radius 2 is 2.04 bits per heavy atom. The lowest BCUT2D eigenvalue weighted by atomic mass is 10.1. The van der Waals surface area contributed by atoms with Crippen LogP contribution in [-0.4, -0.2) is 70.9 Å². The van der Waals surface area contributed by atoms with E-state index in [1.54, 1.807) is 13.2 Å². The largest absolute Gasteiger partial charge is 0.353 e. The van der Waals surface area contributed by atoms with Crippen LogP contribution < -0.4 is 4.90 Å². The number of carbonyl (C=O) groups excluding carboxylic acids is 2. The van der Waals surface area contributed by atoms with E-state index in [0.29, 0.717) is 38.2 Å². The normalized spacial score (nSPS) is 19.4. The molecule has 0 radical (unpaired) electrons. The van der Waals surface area contributed by atoms with Crippen LogP contribution in [0.15, 0.2) is 23.4 Å². The summed E-state index contributed by atoms with van der Waals surface area (Å²) in [5.74, 6) is 0.721. The van der Waals surface area contributed by atoms with Crippen molar-refractivity contribution in [1.82, 2.24) is 20.1 Å². The van der Waals surface area contributed by atoms with E-state index in [2.05, 4.69) is 20.2 Å². The number of aromatic nitrogens is 2. The summed E-state index contributed by atoms with van der Waals surface area (Å²) in [6.45, 7) is 2.86. The molecule has 8 nitrogen and oxygen atoms in total. The van der Waals surface area contributed by atoms with E-state index < -0.39 is 0 Å². The molecule has 1 saturated heterocycles. The molecule has 0 N–H and O–H groups in total. The van der Waals surface area contributed by atoms with Gasteiger partial charge in [0.05, 0.1) is 0 Å². The quantitative estimate of drug-likeness (QED) is 0.774. The molecule has 3 rings (SSSR count). The van der Waals surface area contributed by atoms with Crippen LogP contribution in [0.2, 0.25) is 0 Å². The average Bonchev–Trinajstić information content (AvgIpc) is 2.83. The maximum absolute atomic E-state index is 12.6. The second-order valence-corrected chi connectivity index (χ2v) is 5.68. The summed E-state index contributed by atoms with van der Waals surface area (Å²) < 4.78 is 0. The van der Waals surface area contributed by atoms with E-state index in [9.17, 15) is 9.59 Å². The van der Waals surface area contributed by atoms with E-state index in [0.717, 1.165) is 18.8 Å². The molecule has 122 valence electrons. The van der Waals surface area contributed by atoms with Crippen molar-refractivity contribution in [2.75, 3.05) is 38.1 Å². The third-order valence-electron chi connectivity index (χ3n) is 4.12. The molecule has 2 amide bonds. The fourth-order valence-electron chi connectivity index (χ4n) is 2.82. The number of amides is 2. The zero-order valence-electron chi connectivity index (χ0n) is 13.2. The molecule has 1 aromatic rings. The molecule has 2 aliphatic heterocycles. The Morgan fingerprint density at radius 3 is 2.78 bits per heavy atom. The zero-order valence-corrected chi connectivity index (χ0v) is 13.2. The fourth-order valence-corrected chi connectivity index (χ4v) is 2.82. The average molecular weight is 316 g/mol. The number of nitrogens with zero attached hydrogens (tertiary/aromatic N) is 6. The van der Waals surface area contributed by atoms with Crippen molar-refractivity contribution < 1.29 is 9.59 Å². The van der Waals surface area contributed by atoms with Crippen molar-refractivity contribution in [2.45, 2.75) is 19.3 Å². The molecule has 0 atom stereocenters. The molecule has 0 spiro atoms. The summed E-state index contributed by atoms with van der Waals surface area (Å²) >= 11 is 0. The van der Waals surface area contributed by atoms with Crippen LogP contribution in [0.25, 0.3) is 0 Å². The summed E-state index contributed by atoms with van der Waals surface area (Å²) in [6, 6.07) is 3.79. The molecule has 23 heavy (non-hydrogen) atoms. The minimum atomic E-state index is -0.0645. The van der Waals surface area contributed by atoms with Crippen molar-refractivity contribution >= 4 is 23.3 Å². The van der Waals surface area contributed by atoms with Crippen molar-refractivity contribution in [3.05, 3.63) is 18.3 Å². The minimum Gasteiger partial charge on any atom is -0.353 e. The Hall–Kier alpha value is -2.51. The van der Waals surface area contributed by atoms with Crippen LogP contribution in [0.1, 0.15) is 19.3 Å². The van der Waals surface area contributed by atoms with Crippen LogP contribution in [0, 0.1) is 0 Å². The Morgan fingerprint density at radius 1 is 1.17 bits per heavy atom. The first kappa shape index (κ1) is 15.4. The fraction of sp³-hybridized carbons (Fsp3) is 0.533. The van der Waals surface area contributed by atoms with Gasteiger partial charge in [-0.05, 0) is 18.6 Å². The van der Waals surface area contributed by atoms with Gasteiger partial charge >= 0.3 is 0 Å². The van der Waals surface area contributed by atoms with Crippen molar-refractivity contribution in [3.8, 4) is 0 Å².